The Morgan fingerprint density at radius 3 is 2.59 bits per heavy atom. The highest BCUT2D eigenvalue weighted by molar-refractivity contribution is 6.31. The maximum atomic E-state index is 12.3. The van der Waals surface area contributed by atoms with Crippen molar-refractivity contribution < 1.29 is 15.0 Å². The molecule has 3 N–H and O–H groups in total. The normalized spacial score (nSPS) is 18.7. The molecule has 1 aromatic rings. The molecule has 0 bridgehead atoms. The maximum Gasteiger partial charge on any atom is 0.253 e. The van der Waals surface area contributed by atoms with Gasteiger partial charge in [-0.2, -0.15) is 0 Å². The Morgan fingerprint density at radius 2 is 1.95 bits per heavy atom. The molecule has 4 nitrogen and oxygen atoms in total. The Labute approximate surface area is 136 Å². The zero-order valence-corrected chi connectivity index (χ0v) is 13.4. The van der Waals surface area contributed by atoms with Crippen molar-refractivity contribution in [1.82, 2.24) is 5.32 Å². The van der Waals surface area contributed by atoms with Crippen molar-refractivity contribution in [3.63, 3.8) is 0 Å². The molecular formula is C17H24ClNO3. The van der Waals surface area contributed by atoms with Gasteiger partial charge in [0.25, 0.3) is 5.91 Å². The zero-order chi connectivity index (χ0) is 15.9. The van der Waals surface area contributed by atoms with Gasteiger partial charge in [-0.05, 0) is 31.2 Å². The molecule has 1 saturated carbocycles. The van der Waals surface area contributed by atoms with Crippen LogP contribution in [0, 0.1) is 5.92 Å². The Balaban J connectivity index is 2.02. The van der Waals surface area contributed by atoms with Crippen LogP contribution >= 0.6 is 11.6 Å². The molecule has 1 aliphatic rings. The van der Waals surface area contributed by atoms with Gasteiger partial charge in [0.1, 0.15) is 0 Å². The molecule has 1 unspecified atom stereocenters. The largest absolute Gasteiger partial charge is 0.396 e. The van der Waals surface area contributed by atoms with Gasteiger partial charge in [0, 0.05) is 23.2 Å². The van der Waals surface area contributed by atoms with Crippen LogP contribution in [0.5, 0.6) is 0 Å². The van der Waals surface area contributed by atoms with Gasteiger partial charge in [-0.1, -0.05) is 49.1 Å². The van der Waals surface area contributed by atoms with Crippen LogP contribution in [0.25, 0.3) is 0 Å². The number of nitrogens with one attached hydrogen (secondary N) is 1. The van der Waals surface area contributed by atoms with Crippen molar-refractivity contribution in [2.75, 3.05) is 6.61 Å². The lowest BCUT2D eigenvalue weighted by Gasteiger charge is -2.31. The first kappa shape index (κ1) is 17.3. The lowest BCUT2D eigenvalue weighted by molar-refractivity contribution is -0.131. The molecule has 0 aromatic heterocycles. The summed E-state index contributed by atoms with van der Waals surface area (Å²) in [6, 6.07) is 6.71. The topological polar surface area (TPSA) is 69.6 Å². The van der Waals surface area contributed by atoms with Crippen molar-refractivity contribution in [1.29, 1.82) is 0 Å². The van der Waals surface area contributed by atoms with Gasteiger partial charge < -0.3 is 15.5 Å². The quantitative estimate of drug-likeness (QED) is 0.753. The molecule has 122 valence electrons. The highest BCUT2D eigenvalue weighted by Gasteiger charge is 2.28. The van der Waals surface area contributed by atoms with E-state index < -0.39 is 12.0 Å². The molecule has 0 radical (unpaired) electrons. The Bertz CT molecular complexity index is 489. The van der Waals surface area contributed by atoms with Gasteiger partial charge in [0.2, 0.25) is 0 Å². The van der Waals surface area contributed by atoms with Crippen molar-refractivity contribution in [3.05, 3.63) is 34.9 Å². The fourth-order valence-electron chi connectivity index (χ4n) is 3.20. The molecule has 1 amide bonds. The highest BCUT2D eigenvalue weighted by atomic mass is 35.5. The number of carbonyl (C=O) groups is 1. The second-order valence-corrected chi connectivity index (χ2v) is 6.36. The monoisotopic (exact) mass is 325 g/mol. The third kappa shape index (κ3) is 4.45. The van der Waals surface area contributed by atoms with Gasteiger partial charge in [-0.15, -0.1) is 0 Å². The molecule has 5 heteroatoms. The molecule has 1 aromatic carbocycles. The van der Waals surface area contributed by atoms with Crippen LogP contribution in [0.2, 0.25) is 5.02 Å². The number of carbonyl (C=O) groups excluding carboxylic acids is 1. The van der Waals surface area contributed by atoms with Gasteiger partial charge in [0.05, 0.1) is 0 Å². The van der Waals surface area contributed by atoms with E-state index in [1.54, 1.807) is 24.3 Å². The van der Waals surface area contributed by atoms with Crippen molar-refractivity contribution in [2.45, 2.75) is 50.7 Å². The molecular weight excluding hydrogens is 302 g/mol. The van der Waals surface area contributed by atoms with Crippen LogP contribution in [0.15, 0.2) is 24.3 Å². The fraction of sp³-hybridized carbons (Fsp3) is 0.588. The lowest BCUT2D eigenvalue weighted by Crippen LogP contribution is -2.43. The van der Waals surface area contributed by atoms with E-state index >= 15 is 0 Å². The van der Waals surface area contributed by atoms with E-state index in [2.05, 4.69) is 5.32 Å². The van der Waals surface area contributed by atoms with Crippen molar-refractivity contribution in [2.24, 2.45) is 5.92 Å². The summed E-state index contributed by atoms with van der Waals surface area (Å²) in [5.74, 6) is -0.0691. The molecule has 2 rings (SSSR count). The molecule has 0 saturated heterocycles. The van der Waals surface area contributed by atoms with Gasteiger partial charge in [-0.3, -0.25) is 4.79 Å². The Kier molecular flexibility index (Phi) is 6.68. The summed E-state index contributed by atoms with van der Waals surface area (Å²) in [5.41, 5.74) is 0.410. The van der Waals surface area contributed by atoms with Crippen LogP contribution in [0.4, 0.5) is 0 Å². The standard InChI is InChI=1S/C17H24ClNO3/c18-14-9-5-4-8-13(14)16(21)17(22)19-15(10-11-20)12-6-2-1-3-7-12/h4-5,8-9,12,15-16,20-21H,1-3,6-7,10-11H2,(H,19,22)/t15?,16-/m1/s1. The fourth-order valence-corrected chi connectivity index (χ4v) is 3.44. The van der Waals surface area contributed by atoms with Gasteiger partial charge in [0.15, 0.2) is 6.10 Å². The molecule has 22 heavy (non-hydrogen) atoms. The number of rotatable bonds is 6. The van der Waals surface area contributed by atoms with E-state index in [0.29, 0.717) is 22.9 Å². The minimum absolute atomic E-state index is 0.0314. The lowest BCUT2D eigenvalue weighted by atomic mass is 9.82. The van der Waals surface area contributed by atoms with E-state index in [1.807, 2.05) is 0 Å². The van der Waals surface area contributed by atoms with E-state index in [0.717, 1.165) is 25.7 Å². The molecule has 1 aliphatic carbocycles. The van der Waals surface area contributed by atoms with Gasteiger partial charge in [-0.25, -0.2) is 0 Å². The second-order valence-electron chi connectivity index (χ2n) is 5.95. The second kappa shape index (κ2) is 8.51. The third-order valence-corrected chi connectivity index (χ3v) is 4.78. The number of aliphatic hydroxyl groups is 2. The predicted octanol–water partition coefficient (Wildman–Crippen LogP) is 2.82. The number of hydrogen-bond acceptors (Lipinski definition) is 3. The van der Waals surface area contributed by atoms with Crippen molar-refractivity contribution in [3.8, 4) is 0 Å². The minimum Gasteiger partial charge on any atom is -0.396 e. The van der Waals surface area contributed by atoms with Crippen LogP contribution in [0.3, 0.4) is 0 Å². The summed E-state index contributed by atoms with van der Waals surface area (Å²) in [7, 11) is 0. The minimum atomic E-state index is -1.28. The Hall–Kier alpha value is -1.10. The summed E-state index contributed by atoms with van der Waals surface area (Å²) in [6.45, 7) is 0.0314. The first-order valence-corrected chi connectivity index (χ1v) is 8.35. The van der Waals surface area contributed by atoms with E-state index in [-0.39, 0.29) is 12.6 Å². The smallest absolute Gasteiger partial charge is 0.253 e. The summed E-state index contributed by atoms with van der Waals surface area (Å²) in [6.07, 6.45) is 4.92. The summed E-state index contributed by atoms with van der Waals surface area (Å²) >= 11 is 6.03. The Morgan fingerprint density at radius 1 is 1.27 bits per heavy atom. The number of hydrogen-bond donors (Lipinski definition) is 3. The van der Waals surface area contributed by atoms with E-state index in [1.165, 1.54) is 6.42 Å². The average molecular weight is 326 g/mol. The predicted molar refractivity (Wildman–Crippen MR) is 86.6 cm³/mol. The van der Waals surface area contributed by atoms with E-state index in [4.69, 9.17) is 11.6 Å². The number of amides is 1. The molecule has 0 aliphatic heterocycles. The average Bonchev–Trinajstić information content (AvgIpc) is 2.55. The summed E-state index contributed by atoms with van der Waals surface area (Å²) < 4.78 is 0. The van der Waals surface area contributed by atoms with Crippen LogP contribution in [-0.2, 0) is 4.79 Å². The molecule has 2 atom stereocenters. The first-order valence-electron chi connectivity index (χ1n) is 7.97. The van der Waals surface area contributed by atoms with Crippen LogP contribution < -0.4 is 5.32 Å². The zero-order valence-electron chi connectivity index (χ0n) is 12.7. The van der Waals surface area contributed by atoms with E-state index in [9.17, 15) is 15.0 Å². The molecule has 1 fully saturated rings. The van der Waals surface area contributed by atoms with Gasteiger partial charge >= 0.3 is 0 Å². The first-order chi connectivity index (χ1) is 10.6. The van der Waals surface area contributed by atoms with Crippen LogP contribution in [0.1, 0.15) is 50.2 Å². The third-order valence-electron chi connectivity index (χ3n) is 4.43. The number of benzene rings is 1. The number of aliphatic hydroxyl groups excluding tert-OH is 2. The molecule has 0 heterocycles. The van der Waals surface area contributed by atoms with Crippen molar-refractivity contribution >= 4 is 17.5 Å². The maximum absolute atomic E-state index is 12.3. The highest BCUT2D eigenvalue weighted by Crippen LogP contribution is 2.29. The summed E-state index contributed by atoms with van der Waals surface area (Å²) in [4.78, 5) is 12.3. The SMILES string of the molecule is O=C(NC(CCO)C1CCCCC1)[C@H](O)c1ccccc1Cl. The number of halogens is 1. The summed E-state index contributed by atoms with van der Waals surface area (Å²) in [5, 5.41) is 22.8. The molecule has 0 spiro atoms. The van der Waals surface area contributed by atoms with Crippen LogP contribution in [-0.4, -0.2) is 28.8 Å².